The predicted octanol–water partition coefficient (Wildman–Crippen LogP) is 3.11. The molecular formula is C19H32FIN4O. The molecule has 0 aromatic heterocycles. The molecule has 26 heavy (non-hydrogen) atoms. The Morgan fingerprint density at radius 3 is 2.58 bits per heavy atom. The van der Waals surface area contributed by atoms with Crippen molar-refractivity contribution < 1.29 is 9.13 Å². The van der Waals surface area contributed by atoms with E-state index in [1.54, 1.807) is 19.2 Å². The summed E-state index contributed by atoms with van der Waals surface area (Å²) in [6, 6.07) is 7.10. The number of guanidine groups is 1. The molecule has 0 spiro atoms. The number of halogens is 2. The molecule has 2 unspecified atom stereocenters. The molecule has 1 aromatic rings. The van der Waals surface area contributed by atoms with Crippen LogP contribution in [-0.4, -0.2) is 56.2 Å². The Balaban J connectivity index is 0.00000338. The third kappa shape index (κ3) is 7.26. The van der Waals surface area contributed by atoms with Gasteiger partial charge in [0.15, 0.2) is 5.96 Å². The van der Waals surface area contributed by atoms with Gasteiger partial charge in [-0.2, -0.15) is 0 Å². The van der Waals surface area contributed by atoms with E-state index in [2.05, 4.69) is 41.3 Å². The van der Waals surface area contributed by atoms with Crippen molar-refractivity contribution in [2.24, 2.45) is 10.9 Å². The Morgan fingerprint density at radius 1 is 1.31 bits per heavy atom. The molecule has 1 aliphatic heterocycles. The Bertz CT molecular complexity index is 553. The van der Waals surface area contributed by atoms with Crippen molar-refractivity contribution in [3.63, 3.8) is 0 Å². The highest BCUT2D eigenvalue weighted by Crippen LogP contribution is 2.18. The molecule has 0 saturated carbocycles. The van der Waals surface area contributed by atoms with Gasteiger partial charge in [0, 0.05) is 38.8 Å². The van der Waals surface area contributed by atoms with Gasteiger partial charge in [-0.1, -0.05) is 6.92 Å². The average molecular weight is 478 g/mol. The van der Waals surface area contributed by atoms with E-state index < -0.39 is 0 Å². The zero-order valence-corrected chi connectivity index (χ0v) is 18.5. The van der Waals surface area contributed by atoms with Gasteiger partial charge in [-0.25, -0.2) is 4.39 Å². The highest BCUT2D eigenvalue weighted by atomic mass is 127. The van der Waals surface area contributed by atoms with Crippen molar-refractivity contribution in [3.8, 4) is 5.75 Å². The minimum Gasteiger partial charge on any atom is -0.494 e. The summed E-state index contributed by atoms with van der Waals surface area (Å²) in [5, 5.41) is 6.87. The first-order valence-electron chi connectivity index (χ1n) is 9.09. The second-order valence-corrected chi connectivity index (χ2v) is 6.93. The molecule has 0 bridgehead atoms. The zero-order valence-electron chi connectivity index (χ0n) is 16.2. The van der Waals surface area contributed by atoms with Crippen molar-refractivity contribution >= 4 is 29.9 Å². The summed E-state index contributed by atoms with van der Waals surface area (Å²) < 4.78 is 18.4. The lowest BCUT2D eigenvalue weighted by Crippen LogP contribution is -2.47. The van der Waals surface area contributed by atoms with Crippen LogP contribution in [0.15, 0.2) is 29.3 Å². The van der Waals surface area contributed by atoms with Gasteiger partial charge in [-0.3, -0.25) is 9.89 Å². The quantitative estimate of drug-likeness (QED) is 0.274. The van der Waals surface area contributed by atoms with Crippen LogP contribution in [0.25, 0.3) is 0 Å². The highest BCUT2D eigenvalue weighted by Gasteiger charge is 2.31. The molecule has 148 valence electrons. The van der Waals surface area contributed by atoms with E-state index in [1.807, 2.05) is 0 Å². The number of nitrogens with zero attached hydrogens (tertiary/aromatic N) is 2. The normalized spacial score (nSPS) is 20.8. The third-order valence-electron chi connectivity index (χ3n) is 4.61. The first-order chi connectivity index (χ1) is 12.0. The van der Waals surface area contributed by atoms with Crippen LogP contribution < -0.4 is 15.4 Å². The standard InChI is InChI=1S/C19H31FN4O.HI/c1-14(2)24-12-15(3)18(13-24)23-19(21-4)22-10-5-11-25-17-8-6-16(20)7-9-17;/h6-9,14-15,18H,5,10-13H2,1-4H3,(H2,21,22,23);1H. The molecule has 1 fully saturated rings. The van der Waals surface area contributed by atoms with Gasteiger partial charge in [0.2, 0.25) is 0 Å². The van der Waals surface area contributed by atoms with E-state index in [-0.39, 0.29) is 29.8 Å². The summed E-state index contributed by atoms with van der Waals surface area (Å²) in [4.78, 5) is 6.81. The summed E-state index contributed by atoms with van der Waals surface area (Å²) in [6.07, 6.45) is 0.844. The summed E-state index contributed by atoms with van der Waals surface area (Å²) in [7, 11) is 1.80. The number of likely N-dealkylation sites (tertiary alicyclic amines) is 1. The van der Waals surface area contributed by atoms with Crippen LogP contribution >= 0.6 is 24.0 Å². The second-order valence-electron chi connectivity index (χ2n) is 6.93. The van der Waals surface area contributed by atoms with E-state index in [0.29, 0.717) is 30.4 Å². The maximum absolute atomic E-state index is 12.8. The molecule has 2 atom stereocenters. The SMILES string of the molecule is CN=C(NCCCOc1ccc(F)cc1)NC1CN(C(C)C)CC1C.I. The van der Waals surface area contributed by atoms with Crippen molar-refractivity contribution in [1.29, 1.82) is 0 Å². The molecule has 0 radical (unpaired) electrons. The minimum atomic E-state index is -0.249. The number of hydrogen-bond acceptors (Lipinski definition) is 3. The van der Waals surface area contributed by atoms with Crippen LogP contribution in [0, 0.1) is 11.7 Å². The maximum Gasteiger partial charge on any atom is 0.191 e. The van der Waals surface area contributed by atoms with E-state index >= 15 is 0 Å². The number of hydrogen-bond donors (Lipinski definition) is 2. The highest BCUT2D eigenvalue weighted by molar-refractivity contribution is 14.0. The number of nitrogens with one attached hydrogen (secondary N) is 2. The number of rotatable bonds is 7. The average Bonchev–Trinajstić information content (AvgIpc) is 2.96. The van der Waals surface area contributed by atoms with Crippen LogP contribution in [0.2, 0.25) is 0 Å². The third-order valence-corrected chi connectivity index (χ3v) is 4.61. The van der Waals surface area contributed by atoms with Gasteiger partial charge in [0.25, 0.3) is 0 Å². The van der Waals surface area contributed by atoms with Crippen LogP contribution in [0.3, 0.4) is 0 Å². The van der Waals surface area contributed by atoms with Crippen molar-refractivity contribution in [1.82, 2.24) is 15.5 Å². The lowest BCUT2D eigenvalue weighted by molar-refractivity contribution is 0.265. The zero-order chi connectivity index (χ0) is 18.2. The van der Waals surface area contributed by atoms with Gasteiger partial charge in [0.05, 0.1) is 6.61 Å². The first-order valence-corrected chi connectivity index (χ1v) is 9.09. The van der Waals surface area contributed by atoms with E-state index in [9.17, 15) is 4.39 Å². The van der Waals surface area contributed by atoms with Crippen molar-refractivity contribution in [2.75, 3.05) is 33.3 Å². The summed E-state index contributed by atoms with van der Waals surface area (Å²) in [5.41, 5.74) is 0. The molecule has 1 saturated heterocycles. The first kappa shape index (κ1) is 23.0. The number of ether oxygens (including phenoxy) is 1. The van der Waals surface area contributed by atoms with Gasteiger partial charge in [-0.05, 0) is 50.5 Å². The Hall–Kier alpha value is -1.09. The molecule has 1 aromatic carbocycles. The van der Waals surface area contributed by atoms with Crippen LogP contribution in [0.4, 0.5) is 4.39 Å². The largest absolute Gasteiger partial charge is 0.494 e. The van der Waals surface area contributed by atoms with Crippen LogP contribution in [0.5, 0.6) is 5.75 Å². The fourth-order valence-electron chi connectivity index (χ4n) is 2.98. The van der Waals surface area contributed by atoms with Gasteiger partial charge < -0.3 is 15.4 Å². The van der Waals surface area contributed by atoms with E-state index in [1.165, 1.54) is 12.1 Å². The van der Waals surface area contributed by atoms with Gasteiger partial charge in [-0.15, -0.1) is 24.0 Å². The van der Waals surface area contributed by atoms with E-state index in [4.69, 9.17) is 4.74 Å². The van der Waals surface area contributed by atoms with Crippen LogP contribution in [-0.2, 0) is 0 Å². The molecule has 7 heteroatoms. The Labute approximate surface area is 173 Å². The van der Waals surface area contributed by atoms with Crippen molar-refractivity contribution in [3.05, 3.63) is 30.1 Å². The predicted molar refractivity (Wildman–Crippen MR) is 116 cm³/mol. The monoisotopic (exact) mass is 478 g/mol. The summed E-state index contributed by atoms with van der Waals surface area (Å²) >= 11 is 0. The van der Waals surface area contributed by atoms with Gasteiger partial charge >= 0.3 is 0 Å². The molecule has 1 aliphatic rings. The molecule has 0 amide bonds. The lowest BCUT2D eigenvalue weighted by Gasteiger charge is -2.22. The Morgan fingerprint density at radius 2 is 2.00 bits per heavy atom. The van der Waals surface area contributed by atoms with Crippen LogP contribution in [0.1, 0.15) is 27.2 Å². The fraction of sp³-hybridized carbons (Fsp3) is 0.632. The van der Waals surface area contributed by atoms with Crippen molar-refractivity contribution in [2.45, 2.75) is 39.3 Å². The fourth-order valence-corrected chi connectivity index (χ4v) is 2.98. The smallest absolute Gasteiger partial charge is 0.191 e. The molecule has 0 aliphatic carbocycles. The molecule has 5 nitrogen and oxygen atoms in total. The number of aliphatic imine (C=N–C) groups is 1. The summed E-state index contributed by atoms with van der Waals surface area (Å²) in [5.74, 6) is 1.88. The topological polar surface area (TPSA) is 48.9 Å². The maximum atomic E-state index is 12.8. The molecule has 2 rings (SSSR count). The summed E-state index contributed by atoms with van der Waals surface area (Å²) in [6.45, 7) is 10.3. The molecule has 1 heterocycles. The van der Waals surface area contributed by atoms with Gasteiger partial charge in [0.1, 0.15) is 11.6 Å². The van der Waals surface area contributed by atoms with E-state index in [0.717, 1.165) is 32.0 Å². The Kier molecular flexibility index (Phi) is 10.2. The molecular weight excluding hydrogens is 446 g/mol. The molecule has 2 N–H and O–H groups in total. The number of benzene rings is 1. The lowest BCUT2D eigenvalue weighted by atomic mass is 10.1. The minimum absolute atomic E-state index is 0. The second kappa shape index (κ2) is 11.6.